The van der Waals surface area contributed by atoms with Gasteiger partial charge in [0.2, 0.25) is 5.91 Å². The number of nitrogens with one attached hydrogen (secondary N) is 1. The molecule has 5 heteroatoms. The Kier molecular flexibility index (Phi) is 7.27. The molecule has 2 saturated heterocycles. The van der Waals surface area contributed by atoms with Gasteiger partial charge in [-0.2, -0.15) is 0 Å². The molecule has 2 rings (SSSR count). The van der Waals surface area contributed by atoms with E-state index in [1.54, 1.807) is 0 Å². The van der Waals surface area contributed by atoms with Gasteiger partial charge >= 0.3 is 0 Å². The van der Waals surface area contributed by atoms with Crippen molar-refractivity contribution in [2.45, 2.75) is 39.2 Å². The van der Waals surface area contributed by atoms with E-state index in [1.807, 2.05) is 7.05 Å². The fraction of sp³-hybridized carbons (Fsp3) is 0.933. The van der Waals surface area contributed by atoms with Crippen LogP contribution in [0.3, 0.4) is 0 Å². The van der Waals surface area contributed by atoms with Crippen LogP contribution < -0.4 is 5.32 Å². The SMILES string of the molecule is CNCC1CCCN1CC(=O)N1CC(C)CC(C)C1.Cl. The Hall–Kier alpha value is -0.320. The normalized spacial score (nSPS) is 31.1. The third-order valence-corrected chi connectivity index (χ3v) is 4.50. The molecule has 0 bridgehead atoms. The molecule has 3 atom stereocenters. The van der Waals surface area contributed by atoms with E-state index >= 15 is 0 Å². The Balaban J connectivity index is 0.00000200. The van der Waals surface area contributed by atoms with Crippen molar-refractivity contribution in [2.75, 3.05) is 39.8 Å². The molecule has 3 unspecified atom stereocenters. The Morgan fingerprint density at radius 2 is 1.90 bits per heavy atom. The summed E-state index contributed by atoms with van der Waals surface area (Å²) in [5.74, 6) is 1.64. The zero-order valence-corrected chi connectivity index (χ0v) is 13.9. The summed E-state index contributed by atoms with van der Waals surface area (Å²) < 4.78 is 0. The van der Waals surface area contributed by atoms with Crippen molar-refractivity contribution in [1.29, 1.82) is 0 Å². The topological polar surface area (TPSA) is 35.6 Å². The Morgan fingerprint density at radius 3 is 2.50 bits per heavy atom. The third-order valence-electron chi connectivity index (χ3n) is 4.50. The number of hydrogen-bond donors (Lipinski definition) is 1. The van der Waals surface area contributed by atoms with Crippen LogP contribution in [-0.4, -0.2) is 61.5 Å². The van der Waals surface area contributed by atoms with Gasteiger partial charge in [-0.25, -0.2) is 0 Å². The molecule has 0 aromatic carbocycles. The lowest BCUT2D eigenvalue weighted by atomic mass is 9.92. The number of nitrogens with zero attached hydrogens (tertiary/aromatic N) is 2. The number of hydrogen-bond acceptors (Lipinski definition) is 3. The van der Waals surface area contributed by atoms with Crippen molar-refractivity contribution < 1.29 is 4.79 Å². The van der Waals surface area contributed by atoms with Crippen LogP contribution >= 0.6 is 12.4 Å². The first-order valence-corrected chi connectivity index (χ1v) is 7.76. The fourth-order valence-electron chi connectivity index (χ4n) is 3.71. The van der Waals surface area contributed by atoms with Gasteiger partial charge < -0.3 is 10.2 Å². The van der Waals surface area contributed by atoms with Gasteiger partial charge in [-0.1, -0.05) is 13.8 Å². The summed E-state index contributed by atoms with van der Waals surface area (Å²) in [5, 5.41) is 3.24. The monoisotopic (exact) mass is 303 g/mol. The quantitative estimate of drug-likeness (QED) is 0.857. The molecule has 4 nitrogen and oxygen atoms in total. The summed E-state index contributed by atoms with van der Waals surface area (Å²) in [6.07, 6.45) is 3.71. The average molecular weight is 304 g/mol. The number of rotatable bonds is 4. The molecule has 1 N–H and O–H groups in total. The van der Waals surface area contributed by atoms with E-state index in [9.17, 15) is 4.79 Å². The second-order valence-corrected chi connectivity index (χ2v) is 6.57. The molecule has 2 aliphatic rings. The van der Waals surface area contributed by atoms with Crippen LogP contribution in [0.5, 0.6) is 0 Å². The van der Waals surface area contributed by atoms with Gasteiger partial charge in [0.1, 0.15) is 0 Å². The van der Waals surface area contributed by atoms with Gasteiger partial charge in [0.05, 0.1) is 6.54 Å². The lowest BCUT2D eigenvalue weighted by Gasteiger charge is -2.36. The van der Waals surface area contributed by atoms with Crippen LogP contribution in [-0.2, 0) is 4.79 Å². The predicted octanol–water partition coefficient (Wildman–Crippen LogP) is 1.60. The van der Waals surface area contributed by atoms with Crippen LogP contribution in [0.25, 0.3) is 0 Å². The molecule has 2 fully saturated rings. The van der Waals surface area contributed by atoms with E-state index in [4.69, 9.17) is 0 Å². The molecule has 20 heavy (non-hydrogen) atoms. The predicted molar refractivity (Wildman–Crippen MR) is 85.3 cm³/mol. The molecule has 2 heterocycles. The minimum atomic E-state index is 0. The standard InChI is InChI=1S/C15H29N3O.ClH/c1-12-7-13(2)10-18(9-12)15(19)11-17-6-4-5-14(17)8-16-3;/h12-14,16H,4-11H2,1-3H3;1H. The van der Waals surface area contributed by atoms with Gasteiger partial charge in [0, 0.05) is 25.7 Å². The maximum atomic E-state index is 12.5. The van der Waals surface area contributed by atoms with E-state index in [2.05, 4.69) is 29.0 Å². The van der Waals surface area contributed by atoms with Gasteiger partial charge in [-0.3, -0.25) is 9.69 Å². The Bertz CT molecular complexity index is 303. The largest absolute Gasteiger partial charge is 0.341 e. The first kappa shape index (κ1) is 17.7. The van der Waals surface area contributed by atoms with Crippen molar-refractivity contribution in [3.05, 3.63) is 0 Å². The molecule has 0 saturated carbocycles. The number of halogens is 1. The zero-order valence-electron chi connectivity index (χ0n) is 13.1. The molecule has 118 valence electrons. The van der Waals surface area contributed by atoms with Crippen LogP contribution in [0, 0.1) is 11.8 Å². The third kappa shape index (κ3) is 4.61. The first-order chi connectivity index (χ1) is 9.10. The van der Waals surface area contributed by atoms with Crippen molar-refractivity contribution in [3.8, 4) is 0 Å². The van der Waals surface area contributed by atoms with Crippen LogP contribution in [0.15, 0.2) is 0 Å². The van der Waals surface area contributed by atoms with Crippen LogP contribution in [0.2, 0.25) is 0 Å². The van der Waals surface area contributed by atoms with Gasteiger partial charge in [-0.15, -0.1) is 12.4 Å². The summed E-state index contributed by atoms with van der Waals surface area (Å²) in [6, 6.07) is 0.550. The van der Waals surface area contributed by atoms with Crippen molar-refractivity contribution in [2.24, 2.45) is 11.8 Å². The van der Waals surface area contributed by atoms with Gasteiger partial charge in [0.25, 0.3) is 0 Å². The van der Waals surface area contributed by atoms with Crippen LogP contribution in [0.4, 0.5) is 0 Å². The lowest BCUT2D eigenvalue weighted by Crippen LogP contribution is -2.48. The number of likely N-dealkylation sites (tertiary alicyclic amines) is 2. The second-order valence-electron chi connectivity index (χ2n) is 6.57. The highest BCUT2D eigenvalue weighted by atomic mass is 35.5. The van der Waals surface area contributed by atoms with E-state index in [-0.39, 0.29) is 12.4 Å². The van der Waals surface area contributed by atoms with Crippen molar-refractivity contribution >= 4 is 18.3 Å². The van der Waals surface area contributed by atoms with E-state index < -0.39 is 0 Å². The highest BCUT2D eigenvalue weighted by molar-refractivity contribution is 5.85. The maximum Gasteiger partial charge on any atom is 0.236 e. The molecule has 1 amide bonds. The summed E-state index contributed by atoms with van der Waals surface area (Å²) in [4.78, 5) is 16.9. The zero-order chi connectivity index (χ0) is 13.8. The van der Waals surface area contributed by atoms with Gasteiger partial charge in [-0.05, 0) is 44.7 Å². The summed E-state index contributed by atoms with van der Waals surface area (Å²) >= 11 is 0. The summed E-state index contributed by atoms with van der Waals surface area (Å²) in [6.45, 7) is 9.12. The first-order valence-electron chi connectivity index (χ1n) is 7.76. The molecule has 0 aliphatic carbocycles. The molecular weight excluding hydrogens is 274 g/mol. The molecular formula is C15H30ClN3O. The lowest BCUT2D eigenvalue weighted by molar-refractivity contribution is -0.135. The highest BCUT2D eigenvalue weighted by Crippen LogP contribution is 2.22. The van der Waals surface area contributed by atoms with Gasteiger partial charge in [0.15, 0.2) is 0 Å². The summed E-state index contributed by atoms with van der Waals surface area (Å²) in [5.41, 5.74) is 0. The van der Waals surface area contributed by atoms with E-state index in [1.165, 1.54) is 19.3 Å². The smallest absolute Gasteiger partial charge is 0.236 e. The molecule has 0 radical (unpaired) electrons. The molecule has 2 aliphatic heterocycles. The minimum Gasteiger partial charge on any atom is -0.341 e. The fourth-order valence-corrected chi connectivity index (χ4v) is 3.71. The summed E-state index contributed by atoms with van der Waals surface area (Å²) in [7, 11) is 1.99. The minimum absolute atomic E-state index is 0. The maximum absolute atomic E-state index is 12.5. The highest BCUT2D eigenvalue weighted by Gasteiger charge is 2.30. The number of carbonyl (C=O) groups excluding carboxylic acids is 1. The number of likely N-dealkylation sites (N-methyl/N-ethyl adjacent to an activating group) is 1. The second kappa shape index (κ2) is 8.20. The van der Waals surface area contributed by atoms with Crippen molar-refractivity contribution in [3.63, 3.8) is 0 Å². The molecule has 0 spiro atoms. The molecule has 0 aromatic heterocycles. The van der Waals surface area contributed by atoms with E-state index in [0.29, 0.717) is 30.3 Å². The van der Waals surface area contributed by atoms with E-state index in [0.717, 1.165) is 26.2 Å². The average Bonchev–Trinajstić information content (AvgIpc) is 2.76. The molecule has 0 aromatic rings. The number of piperidine rings is 1. The van der Waals surface area contributed by atoms with Crippen LogP contribution in [0.1, 0.15) is 33.1 Å². The number of amides is 1. The van der Waals surface area contributed by atoms with Crippen molar-refractivity contribution in [1.82, 2.24) is 15.1 Å². The Labute approximate surface area is 129 Å². The number of carbonyl (C=O) groups is 1. The Morgan fingerprint density at radius 1 is 1.25 bits per heavy atom.